The molecule has 1 saturated heterocycles. The smallest absolute Gasteiger partial charge is 0.350 e. The first kappa shape index (κ1) is 25.2. The molecule has 2 aliphatic rings. The molecule has 1 unspecified atom stereocenters. The molecule has 3 rings (SSSR count). The summed E-state index contributed by atoms with van der Waals surface area (Å²) in [6.45, 7) is 9.79. The standard InChI is InChI=1S/C25H39NO5S/c1-6-7-8-17(2)23(27)26(19-14-30-16-31-15-19)20-13-21(32-22(20)24(28)29-5)18-9-11-25(3,4)12-10-18/h13,17-19H,6-12,14-16H2,1-5H3. The minimum atomic E-state index is -0.385. The van der Waals surface area contributed by atoms with Crippen LogP contribution in [0, 0.1) is 11.3 Å². The highest BCUT2D eigenvalue weighted by atomic mass is 32.1. The Morgan fingerprint density at radius 1 is 1.25 bits per heavy atom. The average Bonchev–Trinajstić information content (AvgIpc) is 3.22. The summed E-state index contributed by atoms with van der Waals surface area (Å²) in [5, 5.41) is 0. The number of thiophene rings is 1. The molecule has 32 heavy (non-hydrogen) atoms. The highest BCUT2D eigenvalue weighted by Crippen LogP contribution is 2.46. The number of amides is 1. The molecule has 0 aromatic carbocycles. The minimum absolute atomic E-state index is 0.0248. The SMILES string of the molecule is CCCCC(C)C(=O)N(c1cc(C2CCC(C)(C)CC2)sc1C(=O)OC)C1COCOC1. The van der Waals surface area contributed by atoms with Crippen molar-refractivity contribution in [1.29, 1.82) is 0 Å². The predicted molar refractivity (Wildman–Crippen MR) is 127 cm³/mol. The zero-order valence-corrected chi connectivity index (χ0v) is 21.1. The maximum atomic E-state index is 13.6. The molecule has 2 fully saturated rings. The third-order valence-electron chi connectivity index (χ3n) is 6.91. The van der Waals surface area contributed by atoms with E-state index in [2.05, 4.69) is 26.8 Å². The Hall–Kier alpha value is -1.44. The summed E-state index contributed by atoms with van der Waals surface area (Å²) in [6.07, 6.45) is 7.39. The summed E-state index contributed by atoms with van der Waals surface area (Å²) in [6, 6.07) is 1.82. The largest absolute Gasteiger partial charge is 0.465 e. The third kappa shape index (κ3) is 5.91. The van der Waals surface area contributed by atoms with Gasteiger partial charge in [0, 0.05) is 10.8 Å². The lowest BCUT2D eigenvalue weighted by molar-refractivity contribution is -0.130. The van der Waals surface area contributed by atoms with E-state index in [4.69, 9.17) is 14.2 Å². The number of rotatable bonds is 8. The lowest BCUT2D eigenvalue weighted by Gasteiger charge is -2.35. The maximum absolute atomic E-state index is 13.6. The molecule has 180 valence electrons. The lowest BCUT2D eigenvalue weighted by Crippen LogP contribution is -2.50. The Bertz CT molecular complexity index is 773. The molecule has 0 bridgehead atoms. The van der Waals surface area contributed by atoms with Gasteiger partial charge in [0.25, 0.3) is 0 Å². The predicted octanol–water partition coefficient (Wildman–Crippen LogP) is 5.75. The van der Waals surface area contributed by atoms with Crippen molar-refractivity contribution in [3.8, 4) is 0 Å². The topological polar surface area (TPSA) is 65.1 Å². The lowest BCUT2D eigenvalue weighted by atomic mass is 9.73. The van der Waals surface area contributed by atoms with Gasteiger partial charge in [0.05, 0.1) is 32.1 Å². The number of hydrogen-bond acceptors (Lipinski definition) is 6. The van der Waals surface area contributed by atoms with E-state index in [1.807, 2.05) is 6.92 Å². The van der Waals surface area contributed by atoms with E-state index in [0.717, 1.165) is 32.1 Å². The van der Waals surface area contributed by atoms with Gasteiger partial charge in [-0.05, 0) is 49.5 Å². The van der Waals surface area contributed by atoms with Gasteiger partial charge in [-0.2, -0.15) is 0 Å². The van der Waals surface area contributed by atoms with Crippen molar-refractivity contribution in [3.63, 3.8) is 0 Å². The number of ether oxygens (including phenoxy) is 3. The Morgan fingerprint density at radius 2 is 1.91 bits per heavy atom. The summed E-state index contributed by atoms with van der Waals surface area (Å²) in [5.41, 5.74) is 1.03. The van der Waals surface area contributed by atoms with E-state index in [0.29, 0.717) is 35.1 Å². The van der Waals surface area contributed by atoms with Crippen LogP contribution in [0.4, 0.5) is 5.69 Å². The first-order valence-corrected chi connectivity index (χ1v) is 12.8. The summed E-state index contributed by atoms with van der Waals surface area (Å²) < 4.78 is 16.2. The fourth-order valence-corrected chi connectivity index (χ4v) is 5.93. The molecule has 0 N–H and O–H groups in total. The number of anilines is 1. The highest BCUT2D eigenvalue weighted by molar-refractivity contribution is 7.14. The summed E-state index contributed by atoms with van der Waals surface area (Å²) in [5.74, 6) is -0.0828. The van der Waals surface area contributed by atoms with Crippen molar-refractivity contribution in [2.45, 2.75) is 84.6 Å². The molecule has 7 heteroatoms. The van der Waals surface area contributed by atoms with Crippen LogP contribution in [0.3, 0.4) is 0 Å². The van der Waals surface area contributed by atoms with Crippen LogP contribution >= 0.6 is 11.3 Å². The summed E-state index contributed by atoms with van der Waals surface area (Å²) >= 11 is 1.49. The molecule has 1 aromatic rings. The molecule has 0 radical (unpaired) electrons. The van der Waals surface area contributed by atoms with Gasteiger partial charge >= 0.3 is 5.97 Å². The van der Waals surface area contributed by atoms with Crippen LogP contribution < -0.4 is 4.90 Å². The van der Waals surface area contributed by atoms with Gasteiger partial charge in [0.15, 0.2) is 0 Å². The molecule has 1 saturated carbocycles. The number of unbranched alkanes of at least 4 members (excludes halogenated alkanes) is 1. The maximum Gasteiger partial charge on any atom is 0.350 e. The van der Waals surface area contributed by atoms with Gasteiger partial charge in [0.1, 0.15) is 11.7 Å². The van der Waals surface area contributed by atoms with E-state index in [9.17, 15) is 9.59 Å². The normalized spacial score (nSPS) is 20.7. The molecule has 1 amide bonds. The molecule has 1 aliphatic heterocycles. The number of esters is 1. The van der Waals surface area contributed by atoms with Crippen molar-refractivity contribution < 1.29 is 23.8 Å². The van der Waals surface area contributed by atoms with Crippen molar-refractivity contribution in [3.05, 3.63) is 15.8 Å². The number of carbonyl (C=O) groups is 2. The highest BCUT2D eigenvalue weighted by Gasteiger charge is 2.36. The fourth-order valence-electron chi connectivity index (χ4n) is 4.69. The molecule has 2 heterocycles. The average molecular weight is 466 g/mol. The van der Waals surface area contributed by atoms with Crippen molar-refractivity contribution in [1.82, 2.24) is 0 Å². The van der Waals surface area contributed by atoms with Crippen LogP contribution in [0.15, 0.2) is 6.07 Å². The third-order valence-corrected chi connectivity index (χ3v) is 8.17. The second-order valence-electron chi connectivity index (χ2n) is 10.1. The fraction of sp³-hybridized carbons (Fsp3) is 0.760. The molecule has 6 nitrogen and oxygen atoms in total. The second-order valence-corrected chi connectivity index (χ2v) is 11.1. The zero-order chi connectivity index (χ0) is 23.3. The molecular formula is C25H39NO5S. The Labute approximate surface area is 196 Å². The molecule has 0 spiro atoms. The van der Waals surface area contributed by atoms with Crippen LogP contribution in [0.1, 0.15) is 93.1 Å². The van der Waals surface area contributed by atoms with Crippen LogP contribution in [0.25, 0.3) is 0 Å². The van der Waals surface area contributed by atoms with E-state index in [1.165, 1.54) is 36.2 Å². The van der Waals surface area contributed by atoms with Crippen LogP contribution in [0.2, 0.25) is 0 Å². The van der Waals surface area contributed by atoms with Crippen LogP contribution in [0.5, 0.6) is 0 Å². The van der Waals surface area contributed by atoms with Gasteiger partial charge in [-0.25, -0.2) is 4.79 Å². The van der Waals surface area contributed by atoms with Crippen LogP contribution in [-0.2, 0) is 19.0 Å². The van der Waals surface area contributed by atoms with Gasteiger partial charge in [-0.15, -0.1) is 11.3 Å². The van der Waals surface area contributed by atoms with Gasteiger partial charge in [-0.1, -0.05) is 40.5 Å². The number of hydrogen-bond donors (Lipinski definition) is 0. The first-order valence-electron chi connectivity index (χ1n) is 12.0. The second kappa shape index (κ2) is 11.1. The number of methoxy groups -OCH3 is 1. The quantitative estimate of drug-likeness (QED) is 0.457. The van der Waals surface area contributed by atoms with E-state index >= 15 is 0 Å². The van der Waals surface area contributed by atoms with Crippen LogP contribution in [-0.4, -0.2) is 45.0 Å². The summed E-state index contributed by atoms with van der Waals surface area (Å²) in [7, 11) is 1.40. The van der Waals surface area contributed by atoms with E-state index < -0.39 is 0 Å². The van der Waals surface area contributed by atoms with Crippen molar-refractivity contribution >= 4 is 28.9 Å². The molecule has 1 atom stereocenters. The van der Waals surface area contributed by atoms with E-state index in [1.54, 1.807) is 4.90 Å². The molecule has 1 aromatic heterocycles. The zero-order valence-electron chi connectivity index (χ0n) is 20.3. The van der Waals surface area contributed by atoms with Crippen molar-refractivity contribution in [2.75, 3.05) is 32.0 Å². The van der Waals surface area contributed by atoms with E-state index in [-0.39, 0.29) is 30.6 Å². The van der Waals surface area contributed by atoms with Gasteiger partial charge in [-0.3, -0.25) is 4.79 Å². The minimum Gasteiger partial charge on any atom is -0.465 e. The Kier molecular flexibility index (Phi) is 8.75. The molecular weight excluding hydrogens is 426 g/mol. The Morgan fingerprint density at radius 3 is 2.50 bits per heavy atom. The number of nitrogens with zero attached hydrogens (tertiary/aromatic N) is 1. The Balaban J connectivity index is 1.97. The molecule has 1 aliphatic carbocycles. The monoisotopic (exact) mass is 465 g/mol. The summed E-state index contributed by atoms with van der Waals surface area (Å²) in [4.78, 5) is 29.9. The van der Waals surface area contributed by atoms with Crippen molar-refractivity contribution in [2.24, 2.45) is 11.3 Å². The first-order chi connectivity index (χ1) is 15.3. The van der Waals surface area contributed by atoms with Gasteiger partial charge in [0.2, 0.25) is 5.91 Å². The van der Waals surface area contributed by atoms with Gasteiger partial charge < -0.3 is 19.1 Å². The number of carbonyl (C=O) groups excluding carboxylic acids is 2.